The molecule has 13 heavy (non-hydrogen) atoms. The Kier molecular flexibility index (Phi) is 3.02. The van der Waals surface area contributed by atoms with E-state index in [0.717, 1.165) is 5.56 Å². The fourth-order valence-corrected chi connectivity index (χ4v) is 1.08. The number of hydrogen-bond acceptors (Lipinski definition) is 3. The molecule has 0 aliphatic heterocycles. The van der Waals surface area contributed by atoms with E-state index in [2.05, 4.69) is 5.10 Å². The lowest BCUT2D eigenvalue weighted by Crippen LogP contribution is -2.11. The lowest BCUT2D eigenvalue weighted by molar-refractivity contribution is -0.137. The largest absolute Gasteiger partial charge is 0.481 e. The second kappa shape index (κ2) is 4.04. The highest BCUT2D eigenvalue weighted by atomic mass is 16.4. The van der Waals surface area contributed by atoms with Crippen molar-refractivity contribution in [3.05, 3.63) is 18.0 Å². The SMILES string of the molecule is Cn1cc(C(N)CCC(=O)O)cn1. The molecule has 0 amide bonds. The molecule has 1 heterocycles. The van der Waals surface area contributed by atoms with Crippen LogP contribution in [0.1, 0.15) is 24.4 Å². The predicted molar refractivity (Wildman–Crippen MR) is 47.0 cm³/mol. The van der Waals surface area contributed by atoms with Gasteiger partial charge in [0, 0.05) is 31.3 Å². The van der Waals surface area contributed by atoms with Gasteiger partial charge in [-0.2, -0.15) is 5.10 Å². The van der Waals surface area contributed by atoms with Crippen molar-refractivity contribution in [2.75, 3.05) is 0 Å². The molecule has 1 rings (SSSR count). The molecule has 0 aliphatic carbocycles. The van der Waals surface area contributed by atoms with E-state index in [4.69, 9.17) is 10.8 Å². The summed E-state index contributed by atoms with van der Waals surface area (Å²) >= 11 is 0. The van der Waals surface area contributed by atoms with Gasteiger partial charge in [-0.05, 0) is 6.42 Å². The van der Waals surface area contributed by atoms with E-state index in [0.29, 0.717) is 6.42 Å². The molecule has 1 aromatic rings. The van der Waals surface area contributed by atoms with Crippen LogP contribution < -0.4 is 5.73 Å². The number of aromatic nitrogens is 2. The summed E-state index contributed by atoms with van der Waals surface area (Å²) in [4.78, 5) is 10.3. The highest BCUT2D eigenvalue weighted by Gasteiger charge is 2.09. The topological polar surface area (TPSA) is 81.1 Å². The van der Waals surface area contributed by atoms with Gasteiger partial charge in [0.1, 0.15) is 0 Å². The van der Waals surface area contributed by atoms with E-state index >= 15 is 0 Å². The molecule has 0 aromatic carbocycles. The smallest absolute Gasteiger partial charge is 0.303 e. The van der Waals surface area contributed by atoms with Crippen molar-refractivity contribution in [1.29, 1.82) is 0 Å². The Balaban J connectivity index is 2.48. The second-order valence-electron chi connectivity index (χ2n) is 2.99. The highest BCUT2D eigenvalue weighted by molar-refractivity contribution is 5.66. The van der Waals surface area contributed by atoms with Gasteiger partial charge in [-0.3, -0.25) is 9.48 Å². The molecule has 0 aliphatic rings. The lowest BCUT2D eigenvalue weighted by atomic mass is 10.1. The molecule has 5 nitrogen and oxygen atoms in total. The first-order valence-electron chi connectivity index (χ1n) is 4.05. The van der Waals surface area contributed by atoms with Gasteiger partial charge in [0.2, 0.25) is 0 Å². The van der Waals surface area contributed by atoms with Crippen molar-refractivity contribution in [2.45, 2.75) is 18.9 Å². The number of nitrogens with zero attached hydrogens (tertiary/aromatic N) is 2. The normalized spacial score (nSPS) is 12.8. The highest BCUT2D eigenvalue weighted by Crippen LogP contribution is 2.13. The summed E-state index contributed by atoms with van der Waals surface area (Å²) in [5.41, 5.74) is 6.62. The fourth-order valence-electron chi connectivity index (χ4n) is 1.08. The van der Waals surface area contributed by atoms with Crippen LogP contribution in [0, 0.1) is 0 Å². The molecule has 72 valence electrons. The first kappa shape index (κ1) is 9.73. The van der Waals surface area contributed by atoms with Crippen LogP contribution >= 0.6 is 0 Å². The molecule has 0 spiro atoms. The number of carbonyl (C=O) groups is 1. The lowest BCUT2D eigenvalue weighted by Gasteiger charge is -2.06. The average molecular weight is 183 g/mol. The number of aryl methyl sites for hydroxylation is 1. The molecule has 0 fully saturated rings. The maximum Gasteiger partial charge on any atom is 0.303 e. The second-order valence-corrected chi connectivity index (χ2v) is 2.99. The summed E-state index contributed by atoms with van der Waals surface area (Å²) in [5.74, 6) is -0.820. The Hall–Kier alpha value is -1.36. The van der Waals surface area contributed by atoms with Gasteiger partial charge in [0.05, 0.1) is 6.20 Å². The van der Waals surface area contributed by atoms with Crippen LogP contribution in [0.4, 0.5) is 0 Å². The molecular weight excluding hydrogens is 170 g/mol. The fraction of sp³-hybridized carbons (Fsp3) is 0.500. The minimum Gasteiger partial charge on any atom is -0.481 e. The molecular formula is C8H13N3O2. The van der Waals surface area contributed by atoms with E-state index in [9.17, 15) is 4.79 Å². The molecule has 0 saturated carbocycles. The van der Waals surface area contributed by atoms with Gasteiger partial charge >= 0.3 is 5.97 Å². The number of hydrogen-bond donors (Lipinski definition) is 2. The zero-order valence-corrected chi connectivity index (χ0v) is 7.47. The van der Waals surface area contributed by atoms with E-state index in [1.807, 2.05) is 0 Å². The van der Waals surface area contributed by atoms with E-state index in [-0.39, 0.29) is 12.5 Å². The molecule has 3 N–H and O–H groups in total. The summed E-state index contributed by atoms with van der Waals surface area (Å²) in [6.07, 6.45) is 4.00. The number of rotatable bonds is 4. The van der Waals surface area contributed by atoms with Crippen LogP contribution in [0.5, 0.6) is 0 Å². The predicted octanol–water partition coefficient (Wildman–Crippen LogP) is 0.285. The van der Waals surface area contributed by atoms with Gasteiger partial charge < -0.3 is 10.8 Å². The Labute approximate surface area is 76.2 Å². The zero-order valence-electron chi connectivity index (χ0n) is 7.47. The number of aliphatic carboxylic acids is 1. The van der Waals surface area contributed by atoms with Crippen LogP contribution in [0.15, 0.2) is 12.4 Å². The maximum atomic E-state index is 10.3. The first-order chi connectivity index (χ1) is 6.09. The standard InChI is InChI=1S/C8H13N3O2/c1-11-5-6(4-10-11)7(9)2-3-8(12)13/h4-5,7H,2-3,9H2,1H3,(H,12,13). The van der Waals surface area contributed by atoms with Crippen molar-refractivity contribution in [1.82, 2.24) is 9.78 Å². The molecule has 1 atom stereocenters. The zero-order chi connectivity index (χ0) is 9.84. The van der Waals surface area contributed by atoms with Crippen LogP contribution in [0.2, 0.25) is 0 Å². The average Bonchev–Trinajstić information content (AvgIpc) is 2.47. The Morgan fingerprint density at radius 3 is 3.00 bits per heavy atom. The Morgan fingerprint density at radius 1 is 1.85 bits per heavy atom. The summed E-state index contributed by atoms with van der Waals surface area (Å²) in [6, 6.07) is -0.232. The number of nitrogens with two attached hydrogens (primary N) is 1. The van der Waals surface area contributed by atoms with Gasteiger partial charge in [0.25, 0.3) is 0 Å². The van der Waals surface area contributed by atoms with Crippen molar-refractivity contribution < 1.29 is 9.90 Å². The Bertz CT molecular complexity index is 295. The maximum absolute atomic E-state index is 10.3. The van der Waals surface area contributed by atoms with Crippen molar-refractivity contribution in [2.24, 2.45) is 12.8 Å². The quantitative estimate of drug-likeness (QED) is 0.702. The van der Waals surface area contributed by atoms with Gasteiger partial charge in [-0.25, -0.2) is 0 Å². The third kappa shape index (κ3) is 2.87. The number of carboxylic acid groups (broad SMARTS) is 1. The van der Waals surface area contributed by atoms with E-state index < -0.39 is 5.97 Å². The van der Waals surface area contributed by atoms with Crippen LogP contribution in [-0.2, 0) is 11.8 Å². The molecule has 0 bridgehead atoms. The minimum absolute atomic E-state index is 0.0933. The summed E-state index contributed by atoms with van der Waals surface area (Å²) < 4.78 is 1.65. The third-order valence-electron chi connectivity index (χ3n) is 1.82. The number of carboxylic acids is 1. The van der Waals surface area contributed by atoms with Crippen molar-refractivity contribution in [3.63, 3.8) is 0 Å². The molecule has 1 aromatic heterocycles. The van der Waals surface area contributed by atoms with E-state index in [1.165, 1.54) is 0 Å². The van der Waals surface area contributed by atoms with Gasteiger partial charge in [-0.15, -0.1) is 0 Å². The molecule has 5 heteroatoms. The van der Waals surface area contributed by atoms with Crippen LogP contribution in [0.25, 0.3) is 0 Å². The van der Waals surface area contributed by atoms with E-state index in [1.54, 1.807) is 24.1 Å². The molecule has 0 saturated heterocycles. The monoisotopic (exact) mass is 183 g/mol. The van der Waals surface area contributed by atoms with Crippen LogP contribution in [0.3, 0.4) is 0 Å². The summed E-state index contributed by atoms with van der Waals surface area (Å²) in [5, 5.41) is 12.4. The Morgan fingerprint density at radius 2 is 2.54 bits per heavy atom. The third-order valence-corrected chi connectivity index (χ3v) is 1.82. The first-order valence-corrected chi connectivity index (χ1v) is 4.05. The van der Waals surface area contributed by atoms with Gasteiger partial charge in [-0.1, -0.05) is 0 Å². The molecule has 1 unspecified atom stereocenters. The van der Waals surface area contributed by atoms with Gasteiger partial charge in [0.15, 0.2) is 0 Å². The summed E-state index contributed by atoms with van der Waals surface area (Å²) in [7, 11) is 1.80. The summed E-state index contributed by atoms with van der Waals surface area (Å²) in [6.45, 7) is 0. The van der Waals surface area contributed by atoms with Crippen LogP contribution in [-0.4, -0.2) is 20.9 Å². The molecule has 0 radical (unpaired) electrons. The minimum atomic E-state index is -0.820. The van der Waals surface area contributed by atoms with Crippen molar-refractivity contribution >= 4 is 5.97 Å². The van der Waals surface area contributed by atoms with Crippen molar-refractivity contribution in [3.8, 4) is 0 Å².